The van der Waals surface area contributed by atoms with E-state index in [4.69, 9.17) is 19.1 Å². The van der Waals surface area contributed by atoms with Crippen LogP contribution in [0.2, 0.25) is 0 Å². The van der Waals surface area contributed by atoms with E-state index in [1.807, 2.05) is 0 Å². The molecule has 5 heteroatoms. The summed E-state index contributed by atoms with van der Waals surface area (Å²) in [4.78, 5) is 10.1. The van der Waals surface area contributed by atoms with Gasteiger partial charge in [0.25, 0.3) is 0 Å². The molecule has 0 aromatic heterocycles. The molecule has 0 aromatic rings. The molecule has 0 bridgehead atoms. The van der Waals surface area contributed by atoms with Crippen LogP contribution in [0.15, 0.2) is 12.7 Å². The number of halogens is 2. The Morgan fingerprint density at radius 3 is 2.30 bits per heavy atom. The van der Waals surface area contributed by atoms with Gasteiger partial charge in [0, 0.05) is 6.08 Å². The number of carbonyl (C=O) groups is 1. The summed E-state index contributed by atoms with van der Waals surface area (Å²) >= 11 is -0.106. The van der Waals surface area contributed by atoms with Crippen LogP contribution in [-0.4, -0.2) is 12.6 Å². The predicted octanol–water partition coefficient (Wildman–Crippen LogP) is 2.11. The SMILES string of the molecule is C=CC(=O)OCC.[Cl][Pd][Cl]. The molecule has 0 aromatic carbocycles. The van der Waals surface area contributed by atoms with E-state index in [1.54, 1.807) is 6.92 Å². The molecule has 0 atom stereocenters. The average Bonchev–Trinajstić information content (AvgIpc) is 1.90. The molecule has 0 radical (unpaired) electrons. The third-order valence-corrected chi connectivity index (χ3v) is 0.453. The quantitative estimate of drug-likeness (QED) is 0.439. The number of hydrogen-bond donors (Lipinski definition) is 0. The summed E-state index contributed by atoms with van der Waals surface area (Å²) in [7, 11) is 9.63. The standard InChI is InChI=1S/C5H8O2.2ClH.Pd/c1-3-5(6)7-4-2;;;/h3H,1,4H2,2H3;2*1H;/q;;;+2/p-2. The van der Waals surface area contributed by atoms with Crippen molar-refractivity contribution in [3.63, 3.8) is 0 Å². The van der Waals surface area contributed by atoms with Crippen LogP contribution in [-0.2, 0) is 25.5 Å². The number of rotatable bonds is 2. The monoisotopic (exact) mass is 276 g/mol. The van der Waals surface area contributed by atoms with Crippen LogP contribution in [0.25, 0.3) is 0 Å². The summed E-state index contributed by atoms with van der Waals surface area (Å²) in [5, 5.41) is 0. The zero-order chi connectivity index (χ0) is 8.41. The van der Waals surface area contributed by atoms with Crippen molar-refractivity contribution in [1.29, 1.82) is 0 Å². The van der Waals surface area contributed by atoms with Crippen molar-refractivity contribution in [3.8, 4) is 0 Å². The Kier molecular flexibility index (Phi) is 15.9. The van der Waals surface area contributed by atoms with Crippen LogP contribution in [0, 0.1) is 0 Å². The van der Waals surface area contributed by atoms with E-state index in [0.717, 1.165) is 6.08 Å². The molecule has 0 N–H and O–H groups in total. The van der Waals surface area contributed by atoms with Crippen molar-refractivity contribution in [2.24, 2.45) is 0 Å². The van der Waals surface area contributed by atoms with Crippen LogP contribution in [0.4, 0.5) is 0 Å². The Labute approximate surface area is 76.6 Å². The first-order chi connectivity index (χ1) is 4.72. The molecule has 10 heavy (non-hydrogen) atoms. The first kappa shape index (κ1) is 13.1. The van der Waals surface area contributed by atoms with Crippen molar-refractivity contribution in [2.45, 2.75) is 6.92 Å². The molecule has 0 fully saturated rings. The minimum absolute atomic E-state index is 0.106. The Balaban J connectivity index is 0. The number of esters is 1. The first-order valence-corrected chi connectivity index (χ1v) is 6.34. The van der Waals surface area contributed by atoms with Gasteiger partial charge in [-0.3, -0.25) is 0 Å². The van der Waals surface area contributed by atoms with Gasteiger partial charge < -0.3 is 4.74 Å². The van der Waals surface area contributed by atoms with E-state index >= 15 is 0 Å². The molecule has 0 aliphatic heterocycles. The summed E-state index contributed by atoms with van der Waals surface area (Å²) in [5.74, 6) is -0.359. The maximum absolute atomic E-state index is 10.1. The maximum atomic E-state index is 10.1. The topological polar surface area (TPSA) is 26.3 Å². The fourth-order valence-electron chi connectivity index (χ4n) is 0.201. The van der Waals surface area contributed by atoms with E-state index in [2.05, 4.69) is 11.3 Å². The van der Waals surface area contributed by atoms with Gasteiger partial charge >= 0.3 is 41.0 Å². The Morgan fingerprint density at radius 1 is 1.80 bits per heavy atom. The van der Waals surface area contributed by atoms with Crippen LogP contribution >= 0.6 is 19.1 Å². The molecule has 0 spiro atoms. The van der Waals surface area contributed by atoms with E-state index < -0.39 is 0 Å². The van der Waals surface area contributed by atoms with Crippen molar-refractivity contribution < 1.29 is 25.5 Å². The Bertz CT molecular complexity index is 97.6. The van der Waals surface area contributed by atoms with Gasteiger partial charge in [-0.05, 0) is 6.92 Å². The first-order valence-electron chi connectivity index (χ1n) is 2.34. The van der Waals surface area contributed by atoms with Crippen LogP contribution in [0.5, 0.6) is 0 Å². The molecule has 0 amide bonds. The van der Waals surface area contributed by atoms with E-state index in [-0.39, 0.29) is 21.9 Å². The van der Waals surface area contributed by atoms with E-state index in [9.17, 15) is 4.79 Å². The van der Waals surface area contributed by atoms with Gasteiger partial charge in [-0.15, -0.1) is 0 Å². The summed E-state index contributed by atoms with van der Waals surface area (Å²) < 4.78 is 4.43. The molecular weight excluding hydrogens is 269 g/mol. The molecule has 2 nitrogen and oxygen atoms in total. The Morgan fingerprint density at radius 2 is 2.20 bits per heavy atom. The summed E-state index contributed by atoms with van der Waals surface area (Å²) in [5.41, 5.74) is 0. The van der Waals surface area contributed by atoms with Gasteiger partial charge in [0.1, 0.15) is 0 Å². The van der Waals surface area contributed by atoms with Gasteiger partial charge in [-0.1, -0.05) is 6.58 Å². The van der Waals surface area contributed by atoms with Crippen molar-refractivity contribution in [3.05, 3.63) is 12.7 Å². The molecule has 0 aliphatic rings. The van der Waals surface area contributed by atoms with Crippen molar-refractivity contribution in [1.82, 2.24) is 0 Å². The molecule has 0 heterocycles. The zero-order valence-electron chi connectivity index (χ0n) is 5.38. The fourth-order valence-corrected chi connectivity index (χ4v) is 0.201. The molecule has 64 valence electrons. The van der Waals surface area contributed by atoms with Gasteiger partial charge in [0.15, 0.2) is 0 Å². The van der Waals surface area contributed by atoms with Gasteiger partial charge in [-0.25, -0.2) is 4.79 Å². The van der Waals surface area contributed by atoms with Gasteiger partial charge in [0.05, 0.1) is 6.61 Å². The molecule has 0 aliphatic carbocycles. The molecule has 0 saturated heterocycles. The summed E-state index contributed by atoms with van der Waals surface area (Å²) in [6.45, 7) is 5.38. The second kappa shape index (κ2) is 12.2. The second-order valence-electron chi connectivity index (χ2n) is 1.00. The van der Waals surface area contributed by atoms with E-state index in [0.29, 0.717) is 6.61 Å². The third-order valence-electron chi connectivity index (χ3n) is 0.453. The second-order valence-corrected chi connectivity index (χ2v) is 3.36. The number of ether oxygens (including phenoxy) is 1. The van der Waals surface area contributed by atoms with Crippen LogP contribution in [0.1, 0.15) is 6.92 Å². The van der Waals surface area contributed by atoms with Crippen LogP contribution in [0.3, 0.4) is 0 Å². The van der Waals surface area contributed by atoms with Gasteiger partial charge in [0.2, 0.25) is 0 Å². The minimum atomic E-state index is -0.359. The third kappa shape index (κ3) is 15.8. The van der Waals surface area contributed by atoms with Crippen molar-refractivity contribution in [2.75, 3.05) is 6.61 Å². The normalized spacial score (nSPS) is 7.50. The predicted molar refractivity (Wildman–Crippen MR) is 38.5 cm³/mol. The van der Waals surface area contributed by atoms with E-state index in [1.165, 1.54) is 0 Å². The van der Waals surface area contributed by atoms with Crippen molar-refractivity contribution >= 4 is 25.0 Å². The Hall–Kier alpha value is 0.452. The molecule has 0 saturated carbocycles. The zero-order valence-corrected chi connectivity index (χ0v) is 8.45. The molecule has 0 rings (SSSR count). The molecule has 0 unspecified atom stereocenters. The average molecular weight is 277 g/mol. The number of carbonyl (C=O) groups excluding carboxylic acids is 1. The fraction of sp³-hybridized carbons (Fsp3) is 0.400. The number of hydrogen-bond acceptors (Lipinski definition) is 2. The summed E-state index contributed by atoms with van der Waals surface area (Å²) in [6, 6.07) is 0. The summed E-state index contributed by atoms with van der Waals surface area (Å²) in [6.07, 6.45) is 1.14. The van der Waals surface area contributed by atoms with Crippen LogP contribution < -0.4 is 0 Å². The van der Waals surface area contributed by atoms with Gasteiger partial charge in [-0.2, -0.15) is 0 Å². The molecular formula is C5H8Cl2O2Pd.